The molecule has 0 saturated carbocycles. The van der Waals surface area contributed by atoms with E-state index >= 15 is 0 Å². The predicted octanol–water partition coefficient (Wildman–Crippen LogP) is 2.67. The van der Waals surface area contributed by atoms with Gasteiger partial charge < -0.3 is 5.32 Å². The third kappa shape index (κ3) is 4.21. The minimum atomic E-state index is 0.509. The van der Waals surface area contributed by atoms with Gasteiger partial charge in [-0.1, -0.05) is 30.3 Å². The molecule has 1 atom stereocenters. The van der Waals surface area contributed by atoms with Crippen molar-refractivity contribution in [1.82, 2.24) is 15.1 Å². The lowest BCUT2D eigenvalue weighted by molar-refractivity contribution is 0.520. The minimum Gasteiger partial charge on any atom is -0.317 e. The Morgan fingerprint density at radius 2 is 2.00 bits per heavy atom. The van der Waals surface area contributed by atoms with Crippen molar-refractivity contribution in [3.05, 3.63) is 53.9 Å². The Labute approximate surface area is 115 Å². The van der Waals surface area contributed by atoms with Crippen LogP contribution >= 0.6 is 0 Å². The molecule has 1 aromatic carbocycles. The second-order valence-corrected chi connectivity index (χ2v) is 4.92. The van der Waals surface area contributed by atoms with Crippen LogP contribution in [0.15, 0.2) is 42.7 Å². The number of rotatable bonds is 7. The first-order chi connectivity index (χ1) is 9.31. The van der Waals surface area contributed by atoms with Gasteiger partial charge in [0, 0.05) is 18.8 Å². The lowest BCUT2D eigenvalue weighted by Crippen LogP contribution is -2.28. The second-order valence-electron chi connectivity index (χ2n) is 4.92. The Balaban J connectivity index is 1.86. The molecule has 0 saturated heterocycles. The Bertz CT molecular complexity index is 476. The topological polar surface area (TPSA) is 29.9 Å². The van der Waals surface area contributed by atoms with Crippen molar-refractivity contribution in [1.29, 1.82) is 0 Å². The highest BCUT2D eigenvalue weighted by molar-refractivity contribution is 5.15. The third-order valence-corrected chi connectivity index (χ3v) is 3.53. The zero-order valence-corrected chi connectivity index (χ0v) is 11.8. The number of nitrogens with zero attached hydrogens (tertiary/aromatic N) is 2. The second kappa shape index (κ2) is 7.10. The van der Waals surface area contributed by atoms with Crippen molar-refractivity contribution >= 4 is 0 Å². The SMILES string of the molecule is CCn1cc(CC(CCc2ccccc2)NC)cn1. The van der Waals surface area contributed by atoms with E-state index in [0.717, 1.165) is 25.8 Å². The highest BCUT2D eigenvalue weighted by atomic mass is 15.3. The Hall–Kier alpha value is -1.61. The molecule has 1 heterocycles. The maximum atomic E-state index is 4.33. The van der Waals surface area contributed by atoms with Gasteiger partial charge >= 0.3 is 0 Å². The number of likely N-dealkylation sites (N-methyl/N-ethyl adjacent to an activating group) is 1. The summed E-state index contributed by atoms with van der Waals surface area (Å²) in [6.07, 6.45) is 7.44. The van der Waals surface area contributed by atoms with E-state index in [1.54, 1.807) is 0 Å². The molecule has 2 aromatic rings. The van der Waals surface area contributed by atoms with E-state index in [1.165, 1.54) is 11.1 Å². The molecule has 102 valence electrons. The Morgan fingerprint density at radius 3 is 2.63 bits per heavy atom. The summed E-state index contributed by atoms with van der Waals surface area (Å²) < 4.78 is 1.99. The van der Waals surface area contributed by atoms with Crippen molar-refractivity contribution in [3.8, 4) is 0 Å². The molecule has 0 amide bonds. The van der Waals surface area contributed by atoms with Gasteiger partial charge in [-0.15, -0.1) is 0 Å². The average molecular weight is 257 g/mol. The van der Waals surface area contributed by atoms with Gasteiger partial charge in [-0.25, -0.2) is 0 Å². The van der Waals surface area contributed by atoms with Crippen LogP contribution in [0.5, 0.6) is 0 Å². The molecule has 0 radical (unpaired) electrons. The van der Waals surface area contributed by atoms with E-state index in [1.807, 2.05) is 17.9 Å². The summed E-state index contributed by atoms with van der Waals surface area (Å²) in [5.41, 5.74) is 2.72. The highest BCUT2D eigenvalue weighted by Crippen LogP contribution is 2.09. The van der Waals surface area contributed by atoms with Crippen molar-refractivity contribution in [2.45, 2.75) is 38.8 Å². The normalized spacial score (nSPS) is 12.5. The number of nitrogens with one attached hydrogen (secondary N) is 1. The van der Waals surface area contributed by atoms with Gasteiger partial charge in [0.2, 0.25) is 0 Å². The number of benzene rings is 1. The summed E-state index contributed by atoms with van der Waals surface area (Å²) in [6.45, 7) is 3.05. The molecule has 0 aliphatic rings. The quantitative estimate of drug-likeness (QED) is 0.826. The molecular weight excluding hydrogens is 234 g/mol. The number of hydrogen-bond acceptors (Lipinski definition) is 2. The zero-order valence-electron chi connectivity index (χ0n) is 11.8. The van der Waals surface area contributed by atoms with Crippen LogP contribution in [0.1, 0.15) is 24.5 Å². The molecule has 1 unspecified atom stereocenters. The first-order valence-electron chi connectivity index (χ1n) is 7.04. The molecule has 1 N–H and O–H groups in total. The van der Waals surface area contributed by atoms with Gasteiger partial charge in [-0.2, -0.15) is 5.10 Å². The fraction of sp³-hybridized carbons (Fsp3) is 0.438. The fourth-order valence-corrected chi connectivity index (χ4v) is 2.30. The van der Waals surface area contributed by atoms with E-state index in [-0.39, 0.29) is 0 Å². The first-order valence-corrected chi connectivity index (χ1v) is 7.04. The molecule has 1 aromatic heterocycles. The summed E-state index contributed by atoms with van der Waals surface area (Å²) in [5.74, 6) is 0. The summed E-state index contributed by atoms with van der Waals surface area (Å²) in [6, 6.07) is 11.2. The average Bonchev–Trinajstić information content (AvgIpc) is 2.92. The molecule has 0 bridgehead atoms. The van der Waals surface area contributed by atoms with Crippen molar-refractivity contribution < 1.29 is 0 Å². The molecule has 2 rings (SSSR count). The summed E-state index contributed by atoms with van der Waals surface area (Å²) in [5, 5.41) is 7.74. The summed E-state index contributed by atoms with van der Waals surface area (Å²) in [4.78, 5) is 0. The molecular formula is C16H23N3. The van der Waals surface area contributed by atoms with Crippen LogP contribution in [-0.4, -0.2) is 22.9 Å². The first kappa shape index (κ1) is 13.8. The molecule has 3 nitrogen and oxygen atoms in total. The van der Waals surface area contributed by atoms with Crippen LogP contribution in [-0.2, 0) is 19.4 Å². The van der Waals surface area contributed by atoms with Crippen LogP contribution in [0.25, 0.3) is 0 Å². The van der Waals surface area contributed by atoms with E-state index in [9.17, 15) is 0 Å². The number of aromatic nitrogens is 2. The molecule has 0 fully saturated rings. The van der Waals surface area contributed by atoms with Crippen LogP contribution < -0.4 is 5.32 Å². The minimum absolute atomic E-state index is 0.509. The number of hydrogen-bond donors (Lipinski definition) is 1. The van der Waals surface area contributed by atoms with E-state index in [2.05, 4.69) is 53.9 Å². The lowest BCUT2D eigenvalue weighted by atomic mass is 10.0. The van der Waals surface area contributed by atoms with Crippen molar-refractivity contribution in [2.75, 3.05) is 7.05 Å². The van der Waals surface area contributed by atoms with Crippen LogP contribution in [0, 0.1) is 0 Å². The van der Waals surface area contributed by atoms with Crippen molar-refractivity contribution in [2.24, 2.45) is 0 Å². The van der Waals surface area contributed by atoms with E-state index in [4.69, 9.17) is 0 Å². The summed E-state index contributed by atoms with van der Waals surface area (Å²) >= 11 is 0. The summed E-state index contributed by atoms with van der Waals surface area (Å²) in [7, 11) is 2.04. The van der Waals surface area contributed by atoms with Gasteiger partial charge in [0.15, 0.2) is 0 Å². The number of aryl methyl sites for hydroxylation is 2. The third-order valence-electron chi connectivity index (χ3n) is 3.53. The van der Waals surface area contributed by atoms with Gasteiger partial charge in [0.05, 0.1) is 6.20 Å². The smallest absolute Gasteiger partial charge is 0.0522 e. The van der Waals surface area contributed by atoms with Crippen LogP contribution in [0.3, 0.4) is 0 Å². The van der Waals surface area contributed by atoms with Gasteiger partial charge in [-0.05, 0) is 44.4 Å². The molecule has 0 aliphatic heterocycles. The van der Waals surface area contributed by atoms with E-state index in [0.29, 0.717) is 6.04 Å². The standard InChI is InChI=1S/C16H23N3/c1-3-19-13-15(12-18-19)11-16(17-2)10-9-14-7-5-4-6-8-14/h4-8,12-13,16-17H,3,9-11H2,1-2H3. The van der Waals surface area contributed by atoms with Gasteiger partial charge in [0.25, 0.3) is 0 Å². The van der Waals surface area contributed by atoms with Crippen molar-refractivity contribution in [3.63, 3.8) is 0 Å². The van der Waals surface area contributed by atoms with Crippen LogP contribution in [0.2, 0.25) is 0 Å². The molecule has 0 aliphatic carbocycles. The van der Waals surface area contributed by atoms with Crippen LogP contribution in [0.4, 0.5) is 0 Å². The molecule has 3 heteroatoms. The van der Waals surface area contributed by atoms with E-state index < -0.39 is 0 Å². The highest BCUT2D eigenvalue weighted by Gasteiger charge is 2.09. The fourth-order valence-electron chi connectivity index (χ4n) is 2.30. The largest absolute Gasteiger partial charge is 0.317 e. The maximum Gasteiger partial charge on any atom is 0.0522 e. The Kier molecular flexibility index (Phi) is 5.16. The zero-order chi connectivity index (χ0) is 13.5. The maximum absolute atomic E-state index is 4.33. The molecule has 0 spiro atoms. The lowest BCUT2D eigenvalue weighted by Gasteiger charge is -2.15. The Morgan fingerprint density at radius 1 is 1.21 bits per heavy atom. The monoisotopic (exact) mass is 257 g/mol. The van der Waals surface area contributed by atoms with Gasteiger partial charge in [-0.3, -0.25) is 4.68 Å². The molecule has 19 heavy (non-hydrogen) atoms. The predicted molar refractivity (Wildman–Crippen MR) is 79.2 cm³/mol. The van der Waals surface area contributed by atoms with Gasteiger partial charge in [0.1, 0.15) is 0 Å².